The van der Waals surface area contributed by atoms with Gasteiger partial charge in [0.1, 0.15) is 0 Å². The van der Waals surface area contributed by atoms with Crippen LogP contribution >= 0.6 is 0 Å². The second-order valence-corrected chi connectivity index (χ2v) is 5.18. The van der Waals surface area contributed by atoms with E-state index in [0.717, 1.165) is 32.4 Å². The van der Waals surface area contributed by atoms with E-state index < -0.39 is 0 Å². The van der Waals surface area contributed by atoms with E-state index in [-0.39, 0.29) is 17.9 Å². The summed E-state index contributed by atoms with van der Waals surface area (Å²) in [5.41, 5.74) is 0. The molecule has 3 N–H and O–H groups in total. The quantitative estimate of drug-likeness (QED) is 0.609. The number of nitrogens with one attached hydrogen (secondary N) is 3. The number of carbonyl (C=O) groups excluding carboxylic acids is 2. The van der Waals surface area contributed by atoms with E-state index in [1.165, 1.54) is 0 Å². The highest BCUT2D eigenvalue weighted by Crippen LogP contribution is 2.07. The Balaban J connectivity index is 1.50. The lowest BCUT2D eigenvalue weighted by Gasteiger charge is -2.22. The highest BCUT2D eigenvalue weighted by atomic mass is 16.5. The molecular formula is C13H23N3O3. The Morgan fingerprint density at radius 1 is 1.32 bits per heavy atom. The number of ether oxygens (including phenoxy) is 1. The van der Waals surface area contributed by atoms with E-state index >= 15 is 0 Å². The monoisotopic (exact) mass is 269 g/mol. The van der Waals surface area contributed by atoms with Crippen LogP contribution in [0.4, 0.5) is 0 Å². The molecule has 6 heteroatoms. The van der Waals surface area contributed by atoms with Crippen LogP contribution in [0, 0.1) is 0 Å². The van der Waals surface area contributed by atoms with Gasteiger partial charge in [0.25, 0.3) is 0 Å². The Kier molecular flexibility index (Phi) is 5.60. The molecule has 0 spiro atoms. The molecule has 0 saturated carbocycles. The van der Waals surface area contributed by atoms with Crippen molar-refractivity contribution >= 4 is 11.8 Å². The second-order valence-electron chi connectivity index (χ2n) is 5.18. The first kappa shape index (κ1) is 14.3. The third kappa shape index (κ3) is 5.16. The molecule has 0 aromatic heterocycles. The topological polar surface area (TPSA) is 79.5 Å². The fraction of sp³-hybridized carbons (Fsp3) is 0.846. The summed E-state index contributed by atoms with van der Waals surface area (Å²) in [4.78, 5) is 22.6. The van der Waals surface area contributed by atoms with Crippen LogP contribution in [0.2, 0.25) is 0 Å². The van der Waals surface area contributed by atoms with Crippen LogP contribution in [0.25, 0.3) is 0 Å². The first-order chi connectivity index (χ1) is 9.24. The summed E-state index contributed by atoms with van der Waals surface area (Å²) in [6.07, 6.45) is 4.11. The predicted molar refractivity (Wildman–Crippen MR) is 70.6 cm³/mol. The molecule has 2 amide bonds. The summed E-state index contributed by atoms with van der Waals surface area (Å²) < 4.78 is 5.67. The Morgan fingerprint density at radius 2 is 2.11 bits per heavy atom. The molecule has 0 aliphatic carbocycles. The van der Waals surface area contributed by atoms with Crippen molar-refractivity contribution in [2.75, 3.05) is 26.2 Å². The van der Waals surface area contributed by atoms with Gasteiger partial charge in [-0.05, 0) is 32.4 Å². The zero-order valence-corrected chi connectivity index (χ0v) is 11.2. The number of carbonyl (C=O) groups is 2. The summed E-state index contributed by atoms with van der Waals surface area (Å²) in [5, 5.41) is 8.94. The minimum atomic E-state index is -0.00455. The van der Waals surface area contributed by atoms with Gasteiger partial charge in [-0.25, -0.2) is 0 Å². The van der Waals surface area contributed by atoms with Crippen molar-refractivity contribution in [1.29, 1.82) is 0 Å². The van der Waals surface area contributed by atoms with Crippen molar-refractivity contribution < 1.29 is 14.3 Å². The van der Waals surface area contributed by atoms with Crippen LogP contribution in [-0.2, 0) is 14.3 Å². The summed E-state index contributed by atoms with van der Waals surface area (Å²) in [7, 11) is 0. The molecule has 0 radical (unpaired) electrons. The fourth-order valence-corrected chi connectivity index (χ4v) is 2.44. The van der Waals surface area contributed by atoms with E-state index in [1.54, 1.807) is 0 Å². The summed E-state index contributed by atoms with van der Waals surface area (Å²) in [5.74, 6) is 0.0728. The highest BCUT2D eigenvalue weighted by Gasteiger charge is 2.20. The van der Waals surface area contributed by atoms with Crippen LogP contribution in [-0.4, -0.2) is 50.2 Å². The summed E-state index contributed by atoms with van der Waals surface area (Å²) in [6.45, 7) is 3.00. The first-order valence-corrected chi connectivity index (χ1v) is 7.12. The van der Waals surface area contributed by atoms with Gasteiger partial charge < -0.3 is 20.7 Å². The zero-order chi connectivity index (χ0) is 13.5. The van der Waals surface area contributed by atoms with Gasteiger partial charge in [0.2, 0.25) is 11.8 Å². The van der Waals surface area contributed by atoms with Crippen LogP contribution in [0.1, 0.15) is 32.1 Å². The number of piperidine rings is 1. The molecule has 108 valence electrons. The van der Waals surface area contributed by atoms with Crippen molar-refractivity contribution in [2.45, 2.75) is 44.2 Å². The van der Waals surface area contributed by atoms with E-state index in [4.69, 9.17) is 4.74 Å². The van der Waals surface area contributed by atoms with Crippen LogP contribution in [0.5, 0.6) is 0 Å². The Bertz CT molecular complexity index is 316. The van der Waals surface area contributed by atoms with Gasteiger partial charge in [-0.2, -0.15) is 0 Å². The molecule has 2 saturated heterocycles. The van der Waals surface area contributed by atoms with Crippen molar-refractivity contribution in [2.24, 2.45) is 0 Å². The molecule has 1 atom stereocenters. The molecule has 0 bridgehead atoms. The van der Waals surface area contributed by atoms with Gasteiger partial charge in [0.05, 0.1) is 12.7 Å². The average Bonchev–Trinajstić information content (AvgIpc) is 2.83. The normalized spacial score (nSPS) is 24.2. The molecule has 2 heterocycles. The van der Waals surface area contributed by atoms with E-state index in [2.05, 4.69) is 16.0 Å². The molecule has 2 aliphatic heterocycles. The fourth-order valence-electron chi connectivity index (χ4n) is 2.44. The molecule has 2 fully saturated rings. The van der Waals surface area contributed by atoms with Gasteiger partial charge >= 0.3 is 0 Å². The molecule has 2 rings (SSSR count). The van der Waals surface area contributed by atoms with Crippen LogP contribution in [0.3, 0.4) is 0 Å². The predicted octanol–water partition coefficient (Wildman–Crippen LogP) is -0.460. The van der Waals surface area contributed by atoms with Crippen LogP contribution < -0.4 is 16.0 Å². The molecule has 6 nitrogen and oxygen atoms in total. The molecule has 0 aromatic carbocycles. The number of hydrogen-bond donors (Lipinski definition) is 3. The third-order valence-electron chi connectivity index (χ3n) is 3.60. The van der Waals surface area contributed by atoms with Crippen LogP contribution in [0.15, 0.2) is 0 Å². The Morgan fingerprint density at radius 3 is 2.79 bits per heavy atom. The number of hydrogen-bond acceptors (Lipinski definition) is 4. The maximum absolute atomic E-state index is 11.6. The maximum Gasteiger partial charge on any atom is 0.222 e. The van der Waals surface area contributed by atoms with Crippen molar-refractivity contribution in [3.05, 3.63) is 0 Å². The van der Waals surface area contributed by atoms with E-state index in [1.807, 2.05) is 0 Å². The van der Waals surface area contributed by atoms with Gasteiger partial charge in [-0.1, -0.05) is 0 Å². The SMILES string of the molecule is O=C(CCOC1CCNCC1)NCC1CCC(=O)N1. The van der Waals surface area contributed by atoms with Gasteiger partial charge in [0, 0.05) is 25.4 Å². The summed E-state index contributed by atoms with van der Waals surface area (Å²) in [6, 6.07) is 0.0989. The van der Waals surface area contributed by atoms with Gasteiger partial charge in [-0.15, -0.1) is 0 Å². The highest BCUT2D eigenvalue weighted by molar-refractivity contribution is 5.79. The van der Waals surface area contributed by atoms with Gasteiger partial charge in [0.15, 0.2) is 0 Å². The van der Waals surface area contributed by atoms with Crippen molar-refractivity contribution in [1.82, 2.24) is 16.0 Å². The molecule has 2 aliphatic rings. The largest absolute Gasteiger partial charge is 0.378 e. The van der Waals surface area contributed by atoms with E-state index in [9.17, 15) is 9.59 Å². The Hall–Kier alpha value is -1.14. The smallest absolute Gasteiger partial charge is 0.222 e. The molecule has 0 aromatic rings. The lowest BCUT2D eigenvalue weighted by atomic mass is 10.1. The summed E-state index contributed by atoms with van der Waals surface area (Å²) >= 11 is 0. The average molecular weight is 269 g/mol. The van der Waals surface area contributed by atoms with Crippen molar-refractivity contribution in [3.8, 4) is 0 Å². The number of amides is 2. The first-order valence-electron chi connectivity index (χ1n) is 7.12. The minimum absolute atomic E-state index is 0.00455. The molecule has 1 unspecified atom stereocenters. The minimum Gasteiger partial charge on any atom is -0.378 e. The lowest BCUT2D eigenvalue weighted by molar-refractivity contribution is -0.123. The molecule has 19 heavy (non-hydrogen) atoms. The molecular weight excluding hydrogens is 246 g/mol. The Labute approximate surface area is 113 Å². The maximum atomic E-state index is 11.6. The van der Waals surface area contributed by atoms with E-state index in [0.29, 0.717) is 32.1 Å². The lowest BCUT2D eigenvalue weighted by Crippen LogP contribution is -2.39. The zero-order valence-electron chi connectivity index (χ0n) is 11.2. The standard InChI is InChI=1S/C13H23N3O3/c17-12(15-9-10-1-2-13(18)16-10)5-8-19-11-3-6-14-7-4-11/h10-11,14H,1-9H2,(H,15,17)(H,16,18). The third-order valence-corrected chi connectivity index (χ3v) is 3.60. The number of rotatable bonds is 6. The van der Waals surface area contributed by atoms with Crippen molar-refractivity contribution in [3.63, 3.8) is 0 Å². The van der Waals surface area contributed by atoms with Gasteiger partial charge in [-0.3, -0.25) is 9.59 Å². The second kappa shape index (κ2) is 7.45.